The van der Waals surface area contributed by atoms with E-state index in [1.54, 1.807) is 6.07 Å². The maximum atomic E-state index is 13.3. The molecule has 1 unspecified atom stereocenters. The Labute approximate surface area is 130 Å². The molecule has 0 radical (unpaired) electrons. The van der Waals surface area contributed by atoms with Crippen molar-refractivity contribution in [2.45, 2.75) is 25.4 Å². The van der Waals surface area contributed by atoms with E-state index in [0.29, 0.717) is 6.61 Å². The summed E-state index contributed by atoms with van der Waals surface area (Å²) in [6, 6.07) is 11.0. The van der Waals surface area contributed by atoms with Crippen molar-refractivity contribution < 1.29 is 9.13 Å². The van der Waals surface area contributed by atoms with Crippen LogP contribution >= 0.6 is 15.9 Å². The Morgan fingerprint density at radius 3 is 2.95 bits per heavy atom. The third-order valence-electron chi connectivity index (χ3n) is 4.13. The monoisotopic (exact) mass is 345 g/mol. The highest BCUT2D eigenvalue weighted by molar-refractivity contribution is 9.10. The molecule has 0 amide bonds. The lowest BCUT2D eigenvalue weighted by Crippen LogP contribution is -2.17. The Bertz CT molecular complexity index is 756. The molecule has 0 spiro atoms. The summed E-state index contributed by atoms with van der Waals surface area (Å²) in [5.74, 6) is 0.740. The van der Waals surface area contributed by atoms with Crippen LogP contribution in [0.5, 0.6) is 0 Å². The van der Waals surface area contributed by atoms with Crippen molar-refractivity contribution in [2.24, 2.45) is 4.99 Å². The second-order valence-corrected chi connectivity index (χ2v) is 6.36. The zero-order chi connectivity index (χ0) is 14.4. The Kier molecular flexibility index (Phi) is 3.07. The van der Waals surface area contributed by atoms with Gasteiger partial charge in [0.2, 0.25) is 0 Å². The fourth-order valence-corrected chi connectivity index (χ4v) is 3.51. The van der Waals surface area contributed by atoms with Gasteiger partial charge >= 0.3 is 0 Å². The predicted octanol–water partition coefficient (Wildman–Crippen LogP) is 4.88. The molecular weight excluding hydrogens is 333 g/mol. The number of benzene rings is 2. The number of aryl methyl sites for hydroxylation is 1. The zero-order valence-electron chi connectivity index (χ0n) is 11.3. The summed E-state index contributed by atoms with van der Waals surface area (Å²) in [4.78, 5) is 4.67. The average Bonchev–Trinajstić information content (AvgIpc) is 2.89. The molecule has 4 heteroatoms. The lowest BCUT2D eigenvalue weighted by Gasteiger charge is -2.21. The Morgan fingerprint density at radius 1 is 1.14 bits per heavy atom. The van der Waals surface area contributed by atoms with Gasteiger partial charge < -0.3 is 4.74 Å². The molecule has 4 rings (SSSR count). The topological polar surface area (TPSA) is 21.6 Å². The van der Waals surface area contributed by atoms with Crippen LogP contribution in [0.3, 0.4) is 0 Å². The summed E-state index contributed by atoms with van der Waals surface area (Å²) < 4.78 is 20.2. The van der Waals surface area contributed by atoms with E-state index in [9.17, 15) is 4.39 Å². The van der Waals surface area contributed by atoms with E-state index in [1.807, 2.05) is 24.3 Å². The van der Waals surface area contributed by atoms with Gasteiger partial charge in [0.05, 0.1) is 11.6 Å². The maximum absolute atomic E-state index is 13.3. The number of ether oxygens (including phenoxy) is 1. The zero-order valence-corrected chi connectivity index (χ0v) is 12.9. The van der Waals surface area contributed by atoms with Crippen LogP contribution in [0.15, 0.2) is 45.9 Å². The first-order valence-corrected chi connectivity index (χ1v) is 7.78. The van der Waals surface area contributed by atoms with E-state index in [1.165, 1.54) is 6.07 Å². The first-order chi connectivity index (χ1) is 10.2. The highest BCUT2D eigenvalue weighted by Gasteiger charge is 2.30. The smallest absolute Gasteiger partial charge is 0.196 e. The number of hydrogen-bond acceptors (Lipinski definition) is 2. The Hall–Kier alpha value is -1.68. The molecule has 21 heavy (non-hydrogen) atoms. The van der Waals surface area contributed by atoms with Crippen molar-refractivity contribution in [3.8, 4) is 0 Å². The second-order valence-electron chi connectivity index (χ2n) is 5.45. The van der Waals surface area contributed by atoms with Gasteiger partial charge in [0.1, 0.15) is 12.4 Å². The lowest BCUT2D eigenvalue weighted by atomic mass is 10.0. The molecule has 1 aliphatic carbocycles. The molecule has 0 bridgehead atoms. The largest absolute Gasteiger partial charge is 0.475 e. The van der Waals surface area contributed by atoms with Crippen LogP contribution in [-0.2, 0) is 17.8 Å². The number of hydrogen-bond donors (Lipinski definition) is 0. The summed E-state index contributed by atoms with van der Waals surface area (Å²) in [5, 5.41) is 0. The second kappa shape index (κ2) is 4.95. The van der Waals surface area contributed by atoms with Crippen LogP contribution in [0.1, 0.15) is 29.0 Å². The summed E-state index contributed by atoms with van der Waals surface area (Å²) in [6.07, 6.45) is 1.82. The molecule has 2 nitrogen and oxygen atoms in total. The number of aliphatic imine (C=N–C) groups is 1. The Balaban J connectivity index is 1.72. The quantitative estimate of drug-likeness (QED) is 0.721. The lowest BCUT2D eigenvalue weighted by molar-refractivity contribution is 0.272. The van der Waals surface area contributed by atoms with E-state index in [4.69, 9.17) is 4.74 Å². The van der Waals surface area contributed by atoms with Crippen LogP contribution < -0.4 is 0 Å². The van der Waals surface area contributed by atoms with Gasteiger partial charge in [0.15, 0.2) is 5.90 Å². The van der Waals surface area contributed by atoms with E-state index >= 15 is 0 Å². The van der Waals surface area contributed by atoms with Gasteiger partial charge in [0.25, 0.3) is 0 Å². The minimum absolute atomic E-state index is 0.150. The number of fused-ring (bicyclic) bond motifs is 2. The standard InChI is InChI=1S/C17H13BrFNO/c18-12-2-6-16-11(7-12)9-21-17(20-16)15-4-1-10-8-13(19)3-5-14(10)15/h2-3,5-8,15H,1,4,9H2. The van der Waals surface area contributed by atoms with Gasteiger partial charge in [-0.2, -0.15) is 0 Å². The normalized spacial score (nSPS) is 19.5. The van der Waals surface area contributed by atoms with Crippen molar-refractivity contribution in [1.29, 1.82) is 0 Å². The SMILES string of the molecule is Fc1ccc2c(c1)CCC2C1=Nc2ccc(Br)cc2CO1. The third-order valence-corrected chi connectivity index (χ3v) is 4.62. The summed E-state index contributed by atoms with van der Waals surface area (Å²) in [7, 11) is 0. The van der Waals surface area contributed by atoms with Gasteiger partial charge in [-0.05, 0) is 54.3 Å². The molecule has 0 aromatic heterocycles. The third kappa shape index (κ3) is 2.27. The van der Waals surface area contributed by atoms with E-state index < -0.39 is 0 Å². The minimum Gasteiger partial charge on any atom is -0.475 e. The van der Waals surface area contributed by atoms with Gasteiger partial charge in [-0.1, -0.05) is 22.0 Å². The van der Waals surface area contributed by atoms with Crippen molar-refractivity contribution in [3.63, 3.8) is 0 Å². The van der Waals surface area contributed by atoms with Gasteiger partial charge in [0, 0.05) is 10.0 Å². The predicted molar refractivity (Wildman–Crippen MR) is 83.5 cm³/mol. The molecule has 2 aromatic carbocycles. The van der Waals surface area contributed by atoms with E-state index in [2.05, 4.69) is 20.9 Å². The van der Waals surface area contributed by atoms with Gasteiger partial charge in [-0.15, -0.1) is 0 Å². The van der Waals surface area contributed by atoms with Crippen molar-refractivity contribution in [1.82, 2.24) is 0 Å². The van der Waals surface area contributed by atoms with Crippen LogP contribution in [0.2, 0.25) is 0 Å². The van der Waals surface area contributed by atoms with Crippen LogP contribution in [-0.4, -0.2) is 5.90 Å². The molecule has 1 aliphatic heterocycles. The fourth-order valence-electron chi connectivity index (χ4n) is 3.10. The van der Waals surface area contributed by atoms with Crippen molar-refractivity contribution >= 4 is 27.5 Å². The van der Waals surface area contributed by atoms with E-state index in [0.717, 1.165) is 45.6 Å². The molecule has 2 aromatic rings. The van der Waals surface area contributed by atoms with Crippen LogP contribution in [0.4, 0.5) is 10.1 Å². The van der Waals surface area contributed by atoms with Gasteiger partial charge in [-0.3, -0.25) is 0 Å². The van der Waals surface area contributed by atoms with Crippen LogP contribution in [0, 0.1) is 5.82 Å². The molecule has 0 N–H and O–H groups in total. The van der Waals surface area contributed by atoms with Gasteiger partial charge in [-0.25, -0.2) is 9.38 Å². The number of rotatable bonds is 1. The molecule has 0 saturated heterocycles. The fraction of sp³-hybridized carbons (Fsp3) is 0.235. The summed E-state index contributed by atoms with van der Waals surface area (Å²) in [6.45, 7) is 0.542. The summed E-state index contributed by atoms with van der Waals surface area (Å²) >= 11 is 3.46. The van der Waals surface area contributed by atoms with Crippen molar-refractivity contribution in [2.75, 3.05) is 0 Å². The number of nitrogens with zero attached hydrogens (tertiary/aromatic N) is 1. The molecular formula is C17H13BrFNO. The average molecular weight is 346 g/mol. The molecule has 106 valence electrons. The maximum Gasteiger partial charge on any atom is 0.196 e. The Morgan fingerprint density at radius 2 is 2.05 bits per heavy atom. The molecule has 0 fully saturated rings. The van der Waals surface area contributed by atoms with Crippen LogP contribution in [0.25, 0.3) is 0 Å². The van der Waals surface area contributed by atoms with E-state index in [-0.39, 0.29) is 11.7 Å². The minimum atomic E-state index is -0.170. The first kappa shape index (κ1) is 13.0. The molecule has 1 heterocycles. The highest BCUT2D eigenvalue weighted by Crippen LogP contribution is 2.38. The number of halogens is 2. The van der Waals surface area contributed by atoms with Crippen molar-refractivity contribution in [3.05, 3.63) is 63.4 Å². The first-order valence-electron chi connectivity index (χ1n) is 6.99. The highest BCUT2D eigenvalue weighted by atomic mass is 79.9. The molecule has 1 atom stereocenters. The molecule has 0 saturated carbocycles. The molecule has 2 aliphatic rings. The summed E-state index contributed by atoms with van der Waals surface area (Å²) in [5.41, 5.74) is 4.28.